The molecule has 3 rings (SSSR count). The van der Waals surface area contributed by atoms with E-state index in [-0.39, 0.29) is 5.63 Å². The quantitative estimate of drug-likeness (QED) is 0.389. The Morgan fingerprint density at radius 1 is 1.29 bits per heavy atom. The maximum atomic E-state index is 11.5. The summed E-state index contributed by atoms with van der Waals surface area (Å²) >= 11 is 1.60. The van der Waals surface area contributed by atoms with Crippen molar-refractivity contribution in [2.45, 2.75) is 25.4 Å². The summed E-state index contributed by atoms with van der Waals surface area (Å²) in [5, 5.41) is 10.1. The van der Waals surface area contributed by atoms with E-state index in [0.717, 1.165) is 34.1 Å². The highest BCUT2D eigenvalue weighted by Gasteiger charge is 2.08. The van der Waals surface area contributed by atoms with Gasteiger partial charge >= 0.3 is 5.63 Å². The van der Waals surface area contributed by atoms with Crippen molar-refractivity contribution in [1.82, 2.24) is 14.8 Å². The molecule has 3 aromatic rings. The fraction of sp³-hybridized carbons (Fsp3) is 0.353. The number of nitrogens with zero attached hydrogens (tertiary/aromatic N) is 3. The monoisotopic (exact) mass is 345 g/mol. The molecule has 2 heterocycles. The third kappa shape index (κ3) is 3.46. The fourth-order valence-corrected chi connectivity index (χ4v) is 3.21. The van der Waals surface area contributed by atoms with Gasteiger partial charge in [-0.1, -0.05) is 18.7 Å². The number of aryl methyl sites for hydroxylation is 2. The van der Waals surface area contributed by atoms with Gasteiger partial charge in [-0.2, -0.15) is 0 Å². The van der Waals surface area contributed by atoms with Crippen LogP contribution in [0, 0.1) is 6.92 Å². The van der Waals surface area contributed by atoms with Gasteiger partial charge in [0.1, 0.15) is 17.2 Å². The average molecular weight is 345 g/mol. The van der Waals surface area contributed by atoms with Crippen LogP contribution < -0.4 is 10.4 Å². The standard InChI is InChI=1S/C17H19N3O3S/c1-4-15-18-19-17(20(15)3)24-8-7-22-12-5-6-13-11(2)9-16(21)23-14(13)10-12/h5-6,9-10H,4,7-8H2,1-3H3. The summed E-state index contributed by atoms with van der Waals surface area (Å²) < 4.78 is 13.0. The molecular weight excluding hydrogens is 326 g/mol. The largest absolute Gasteiger partial charge is 0.493 e. The van der Waals surface area contributed by atoms with Crippen LogP contribution in [0.25, 0.3) is 11.0 Å². The molecule has 0 bridgehead atoms. The van der Waals surface area contributed by atoms with Crippen molar-refractivity contribution in [3.63, 3.8) is 0 Å². The van der Waals surface area contributed by atoms with Gasteiger partial charge in [0.2, 0.25) is 0 Å². The van der Waals surface area contributed by atoms with Crippen LogP contribution in [-0.4, -0.2) is 27.1 Å². The van der Waals surface area contributed by atoms with Crippen LogP contribution in [0.2, 0.25) is 0 Å². The zero-order valence-electron chi connectivity index (χ0n) is 13.9. The molecule has 7 heteroatoms. The zero-order valence-corrected chi connectivity index (χ0v) is 14.7. The Morgan fingerprint density at radius 3 is 2.88 bits per heavy atom. The molecule has 126 valence electrons. The molecule has 0 aliphatic rings. The molecule has 0 saturated heterocycles. The van der Waals surface area contributed by atoms with E-state index in [2.05, 4.69) is 17.1 Å². The van der Waals surface area contributed by atoms with E-state index < -0.39 is 0 Å². The number of benzene rings is 1. The topological polar surface area (TPSA) is 70.2 Å². The molecule has 0 radical (unpaired) electrons. The lowest BCUT2D eigenvalue weighted by Gasteiger charge is -2.07. The fourth-order valence-electron chi connectivity index (χ4n) is 2.47. The van der Waals surface area contributed by atoms with Gasteiger partial charge in [-0.3, -0.25) is 0 Å². The lowest BCUT2D eigenvalue weighted by atomic mass is 10.1. The number of hydrogen-bond donors (Lipinski definition) is 0. The summed E-state index contributed by atoms with van der Waals surface area (Å²) in [6.07, 6.45) is 0.863. The number of hydrogen-bond acceptors (Lipinski definition) is 6. The highest BCUT2D eigenvalue weighted by Crippen LogP contribution is 2.23. The Bertz CT molecular complexity index is 917. The molecule has 0 spiro atoms. The van der Waals surface area contributed by atoms with Crippen molar-refractivity contribution in [3.05, 3.63) is 46.1 Å². The molecule has 6 nitrogen and oxygen atoms in total. The highest BCUT2D eigenvalue weighted by atomic mass is 32.2. The van der Waals surface area contributed by atoms with Gasteiger partial charge < -0.3 is 13.7 Å². The lowest BCUT2D eigenvalue weighted by molar-refractivity contribution is 0.343. The summed E-state index contributed by atoms with van der Waals surface area (Å²) in [7, 11) is 1.97. The molecule has 0 fully saturated rings. The highest BCUT2D eigenvalue weighted by molar-refractivity contribution is 7.99. The minimum absolute atomic E-state index is 0.346. The first-order valence-corrected chi connectivity index (χ1v) is 8.75. The van der Waals surface area contributed by atoms with Gasteiger partial charge in [0.25, 0.3) is 0 Å². The van der Waals surface area contributed by atoms with Crippen LogP contribution in [0.15, 0.2) is 38.6 Å². The maximum Gasteiger partial charge on any atom is 0.336 e. The number of fused-ring (bicyclic) bond motifs is 1. The number of ether oxygens (including phenoxy) is 1. The van der Waals surface area contributed by atoms with Crippen molar-refractivity contribution in [2.24, 2.45) is 7.05 Å². The second kappa shape index (κ2) is 7.09. The van der Waals surface area contributed by atoms with Crippen molar-refractivity contribution in [2.75, 3.05) is 12.4 Å². The van der Waals surface area contributed by atoms with Crippen molar-refractivity contribution >= 4 is 22.7 Å². The molecule has 0 saturated carbocycles. The van der Waals surface area contributed by atoms with E-state index >= 15 is 0 Å². The molecule has 0 aliphatic carbocycles. The predicted molar refractivity (Wildman–Crippen MR) is 93.8 cm³/mol. The van der Waals surface area contributed by atoms with E-state index in [1.54, 1.807) is 17.8 Å². The Balaban J connectivity index is 1.61. The third-order valence-corrected chi connectivity index (χ3v) is 4.73. The van der Waals surface area contributed by atoms with E-state index in [0.29, 0.717) is 17.9 Å². The van der Waals surface area contributed by atoms with Crippen LogP contribution in [0.4, 0.5) is 0 Å². The van der Waals surface area contributed by atoms with Gasteiger partial charge in [-0.15, -0.1) is 10.2 Å². The van der Waals surface area contributed by atoms with E-state index in [4.69, 9.17) is 9.15 Å². The minimum atomic E-state index is -0.346. The Labute approximate surface area is 143 Å². The first-order valence-electron chi connectivity index (χ1n) is 7.77. The SMILES string of the molecule is CCc1nnc(SCCOc2ccc3c(C)cc(=O)oc3c2)n1C. The van der Waals surface area contributed by atoms with E-state index in [1.807, 2.05) is 30.7 Å². The van der Waals surface area contributed by atoms with Crippen LogP contribution in [-0.2, 0) is 13.5 Å². The average Bonchev–Trinajstić information content (AvgIpc) is 2.91. The maximum absolute atomic E-state index is 11.5. The van der Waals surface area contributed by atoms with Crippen molar-refractivity contribution in [3.8, 4) is 5.75 Å². The van der Waals surface area contributed by atoms with Crippen molar-refractivity contribution in [1.29, 1.82) is 0 Å². The second-order valence-electron chi connectivity index (χ2n) is 5.41. The lowest BCUT2D eigenvalue weighted by Crippen LogP contribution is -2.03. The minimum Gasteiger partial charge on any atom is -0.493 e. The van der Waals surface area contributed by atoms with Crippen LogP contribution >= 0.6 is 11.8 Å². The Hall–Kier alpha value is -2.28. The summed E-state index contributed by atoms with van der Waals surface area (Å²) in [5.74, 6) is 2.41. The van der Waals surface area contributed by atoms with E-state index in [1.165, 1.54) is 6.07 Å². The Kier molecular flexibility index (Phi) is 4.89. The number of thioether (sulfide) groups is 1. The Morgan fingerprint density at radius 2 is 2.12 bits per heavy atom. The second-order valence-corrected chi connectivity index (χ2v) is 6.48. The number of aromatic nitrogens is 3. The predicted octanol–water partition coefficient (Wildman–Crippen LogP) is 2.96. The van der Waals surface area contributed by atoms with Crippen LogP contribution in [0.3, 0.4) is 0 Å². The molecule has 0 aliphatic heterocycles. The van der Waals surface area contributed by atoms with Crippen LogP contribution in [0.1, 0.15) is 18.3 Å². The molecule has 0 N–H and O–H groups in total. The molecule has 24 heavy (non-hydrogen) atoms. The molecule has 0 amide bonds. The first kappa shape index (κ1) is 16.6. The zero-order chi connectivity index (χ0) is 17.1. The molecule has 0 atom stereocenters. The normalized spacial score (nSPS) is 11.1. The molecular formula is C17H19N3O3S. The van der Waals surface area contributed by atoms with Gasteiger partial charge in [0, 0.05) is 36.7 Å². The summed E-state index contributed by atoms with van der Waals surface area (Å²) in [6, 6.07) is 7.04. The first-order chi connectivity index (χ1) is 11.6. The van der Waals surface area contributed by atoms with E-state index in [9.17, 15) is 4.79 Å². The van der Waals surface area contributed by atoms with Gasteiger partial charge in [-0.05, 0) is 24.6 Å². The van der Waals surface area contributed by atoms with Crippen LogP contribution in [0.5, 0.6) is 5.75 Å². The third-order valence-electron chi connectivity index (χ3n) is 3.75. The number of rotatable bonds is 6. The van der Waals surface area contributed by atoms with Gasteiger partial charge in [-0.25, -0.2) is 4.79 Å². The summed E-state index contributed by atoms with van der Waals surface area (Å²) in [4.78, 5) is 11.5. The van der Waals surface area contributed by atoms with Crippen molar-refractivity contribution < 1.29 is 9.15 Å². The molecule has 1 aromatic carbocycles. The smallest absolute Gasteiger partial charge is 0.336 e. The van der Waals surface area contributed by atoms with Gasteiger partial charge in [0.05, 0.1) is 6.61 Å². The summed E-state index contributed by atoms with van der Waals surface area (Å²) in [5.41, 5.74) is 1.10. The van der Waals surface area contributed by atoms with Gasteiger partial charge in [0.15, 0.2) is 5.16 Å². The molecule has 2 aromatic heterocycles. The summed E-state index contributed by atoms with van der Waals surface area (Å²) in [6.45, 7) is 4.48. The molecule has 0 unspecified atom stereocenters.